The molecule has 10 heteroatoms. The third-order valence-corrected chi connectivity index (χ3v) is 8.73. The van der Waals surface area contributed by atoms with Crippen LogP contribution in [0, 0.1) is 0 Å². The van der Waals surface area contributed by atoms with Crippen molar-refractivity contribution in [2.75, 3.05) is 32.8 Å². The van der Waals surface area contributed by atoms with Crippen LogP contribution < -0.4 is 14.2 Å². The van der Waals surface area contributed by atoms with Crippen molar-refractivity contribution in [2.45, 2.75) is 23.9 Å². The lowest BCUT2D eigenvalue weighted by Gasteiger charge is -2.28. The van der Waals surface area contributed by atoms with E-state index in [1.165, 1.54) is 37.8 Å². The van der Waals surface area contributed by atoms with E-state index < -0.39 is 25.9 Å². The Hall–Kier alpha value is -2.30. The monoisotopic (exact) mass is 455 g/mol. The maximum Gasteiger partial charge on any atom is 0.243 e. The van der Waals surface area contributed by atoms with Crippen LogP contribution in [0.25, 0.3) is 0 Å². The van der Waals surface area contributed by atoms with Gasteiger partial charge in [-0.3, -0.25) is 0 Å². The van der Waals surface area contributed by atoms with E-state index in [9.17, 15) is 16.8 Å². The SMILES string of the molecule is COc1ccc(S(=O)(=O)N(Cc2ccc(OC)c(OC)c2)[C@H]2CCS(=O)(=O)C2)cc1. The summed E-state index contributed by atoms with van der Waals surface area (Å²) in [6.07, 6.45) is 0.255. The van der Waals surface area contributed by atoms with Crippen LogP contribution in [0.15, 0.2) is 47.4 Å². The van der Waals surface area contributed by atoms with Crippen molar-refractivity contribution in [2.24, 2.45) is 0 Å². The number of methoxy groups -OCH3 is 3. The molecule has 164 valence electrons. The molecule has 0 N–H and O–H groups in total. The number of hydrogen-bond acceptors (Lipinski definition) is 7. The van der Waals surface area contributed by atoms with Crippen LogP contribution in [0.2, 0.25) is 0 Å². The normalized spacial score (nSPS) is 18.3. The Morgan fingerprint density at radius 3 is 2.17 bits per heavy atom. The Kier molecular flexibility index (Phi) is 6.59. The summed E-state index contributed by atoms with van der Waals surface area (Å²) in [6, 6.07) is 10.5. The average Bonchev–Trinajstić information content (AvgIpc) is 3.10. The van der Waals surface area contributed by atoms with Crippen molar-refractivity contribution in [3.63, 3.8) is 0 Å². The topological polar surface area (TPSA) is 99.2 Å². The molecule has 30 heavy (non-hydrogen) atoms. The standard InChI is InChI=1S/C20H25NO7S2/c1-26-17-5-7-18(8-6-17)30(24,25)21(16-10-11-29(22,23)14-16)13-15-4-9-19(27-2)20(12-15)28-3/h4-9,12,16H,10-11,13-14H2,1-3H3/t16-/m0/s1. The molecule has 8 nitrogen and oxygen atoms in total. The minimum Gasteiger partial charge on any atom is -0.497 e. The summed E-state index contributed by atoms with van der Waals surface area (Å²) in [7, 11) is -2.72. The first-order chi connectivity index (χ1) is 14.2. The van der Waals surface area contributed by atoms with Gasteiger partial charge in [-0.1, -0.05) is 6.07 Å². The second kappa shape index (κ2) is 8.83. The first-order valence-corrected chi connectivity index (χ1v) is 12.5. The lowest BCUT2D eigenvalue weighted by molar-refractivity contribution is 0.330. The van der Waals surface area contributed by atoms with Gasteiger partial charge in [-0.2, -0.15) is 4.31 Å². The van der Waals surface area contributed by atoms with Crippen LogP contribution in [0.5, 0.6) is 17.2 Å². The molecule has 0 radical (unpaired) electrons. The molecule has 1 heterocycles. The predicted octanol–water partition coefficient (Wildman–Crippen LogP) is 2.09. The maximum atomic E-state index is 13.4. The van der Waals surface area contributed by atoms with Gasteiger partial charge in [-0.15, -0.1) is 0 Å². The Morgan fingerprint density at radius 2 is 1.63 bits per heavy atom. The van der Waals surface area contributed by atoms with E-state index in [1.807, 2.05) is 0 Å². The zero-order valence-corrected chi connectivity index (χ0v) is 18.7. The van der Waals surface area contributed by atoms with Crippen molar-refractivity contribution in [3.05, 3.63) is 48.0 Å². The molecule has 0 saturated carbocycles. The summed E-state index contributed by atoms with van der Waals surface area (Å²) in [5.41, 5.74) is 0.661. The molecule has 0 bridgehead atoms. The lowest BCUT2D eigenvalue weighted by atomic mass is 10.1. The van der Waals surface area contributed by atoms with E-state index in [1.54, 1.807) is 30.3 Å². The van der Waals surface area contributed by atoms with Gasteiger partial charge in [0, 0.05) is 12.6 Å². The molecule has 0 spiro atoms. The van der Waals surface area contributed by atoms with E-state index in [2.05, 4.69) is 0 Å². The Bertz CT molecular complexity index is 1100. The summed E-state index contributed by atoms with van der Waals surface area (Å²) < 4.78 is 67.9. The Morgan fingerprint density at radius 1 is 0.967 bits per heavy atom. The van der Waals surface area contributed by atoms with Crippen molar-refractivity contribution in [1.29, 1.82) is 0 Å². The number of sulfone groups is 1. The highest BCUT2D eigenvalue weighted by Crippen LogP contribution is 2.31. The molecule has 0 aromatic heterocycles. The summed E-state index contributed by atoms with van der Waals surface area (Å²) in [5, 5.41) is 0. The minimum absolute atomic E-state index is 0.00883. The molecule has 1 fully saturated rings. The summed E-state index contributed by atoms with van der Waals surface area (Å²) in [6.45, 7) is 0.00883. The molecule has 3 rings (SSSR count). The quantitative estimate of drug-likeness (QED) is 0.601. The van der Waals surface area contributed by atoms with Crippen LogP contribution in [0.1, 0.15) is 12.0 Å². The van der Waals surface area contributed by atoms with Gasteiger partial charge < -0.3 is 14.2 Å². The maximum absolute atomic E-state index is 13.4. The van der Waals surface area contributed by atoms with Gasteiger partial charge in [0.05, 0.1) is 37.7 Å². The lowest BCUT2D eigenvalue weighted by Crippen LogP contribution is -2.40. The third-order valence-electron chi connectivity index (χ3n) is 5.07. The molecular weight excluding hydrogens is 430 g/mol. The summed E-state index contributed by atoms with van der Waals surface area (Å²) >= 11 is 0. The van der Waals surface area contributed by atoms with Crippen molar-refractivity contribution in [1.82, 2.24) is 4.31 Å². The summed E-state index contributed by atoms with van der Waals surface area (Å²) in [4.78, 5) is 0.0769. The van der Waals surface area contributed by atoms with E-state index >= 15 is 0 Å². The summed E-state index contributed by atoms with van der Waals surface area (Å²) in [5.74, 6) is 1.29. The molecule has 1 saturated heterocycles. The van der Waals surface area contributed by atoms with Gasteiger partial charge >= 0.3 is 0 Å². The molecule has 2 aromatic rings. The van der Waals surface area contributed by atoms with Crippen LogP contribution >= 0.6 is 0 Å². The second-order valence-corrected chi connectivity index (χ2v) is 11.1. The molecule has 0 aliphatic carbocycles. The van der Waals surface area contributed by atoms with Crippen LogP contribution in [0.3, 0.4) is 0 Å². The van der Waals surface area contributed by atoms with Crippen molar-refractivity contribution >= 4 is 19.9 Å². The largest absolute Gasteiger partial charge is 0.497 e. The highest BCUT2D eigenvalue weighted by Gasteiger charge is 2.39. The first-order valence-electron chi connectivity index (χ1n) is 9.27. The van der Waals surface area contributed by atoms with Gasteiger partial charge in [0.25, 0.3) is 0 Å². The van der Waals surface area contributed by atoms with Crippen molar-refractivity contribution in [3.8, 4) is 17.2 Å². The number of rotatable bonds is 8. The van der Waals surface area contributed by atoms with E-state index in [4.69, 9.17) is 14.2 Å². The minimum atomic E-state index is -3.95. The second-order valence-electron chi connectivity index (χ2n) is 6.97. The zero-order valence-electron chi connectivity index (χ0n) is 17.1. The van der Waals surface area contributed by atoms with Crippen molar-refractivity contribution < 1.29 is 31.0 Å². The molecule has 1 aliphatic rings. The number of benzene rings is 2. The molecule has 1 aliphatic heterocycles. The van der Waals surface area contributed by atoms with Gasteiger partial charge in [-0.05, 0) is 48.4 Å². The number of nitrogens with zero attached hydrogens (tertiary/aromatic N) is 1. The molecule has 1 atom stereocenters. The predicted molar refractivity (Wildman–Crippen MR) is 112 cm³/mol. The highest BCUT2D eigenvalue weighted by molar-refractivity contribution is 7.92. The van der Waals surface area contributed by atoms with Gasteiger partial charge in [0.15, 0.2) is 21.3 Å². The zero-order chi connectivity index (χ0) is 21.9. The average molecular weight is 456 g/mol. The third kappa shape index (κ3) is 4.71. The van der Waals surface area contributed by atoms with Crippen LogP contribution in [0.4, 0.5) is 0 Å². The number of ether oxygens (including phenoxy) is 3. The van der Waals surface area contributed by atoms with Gasteiger partial charge in [-0.25, -0.2) is 16.8 Å². The highest BCUT2D eigenvalue weighted by atomic mass is 32.2. The van der Waals surface area contributed by atoms with Crippen LogP contribution in [-0.4, -0.2) is 60.0 Å². The van der Waals surface area contributed by atoms with Gasteiger partial charge in [0.1, 0.15) is 5.75 Å². The van der Waals surface area contributed by atoms with Gasteiger partial charge in [0.2, 0.25) is 10.0 Å². The number of sulfonamides is 1. The first kappa shape index (κ1) is 22.4. The fraction of sp³-hybridized carbons (Fsp3) is 0.400. The number of hydrogen-bond donors (Lipinski definition) is 0. The molecule has 0 amide bonds. The van der Waals surface area contributed by atoms with E-state index in [0.717, 1.165) is 0 Å². The van der Waals surface area contributed by atoms with E-state index in [0.29, 0.717) is 22.8 Å². The van der Waals surface area contributed by atoms with Crippen LogP contribution in [-0.2, 0) is 26.4 Å². The fourth-order valence-corrected chi connectivity index (χ4v) is 6.92. The Balaban J connectivity index is 2.00. The Labute approximate surface area is 177 Å². The molecule has 0 unspecified atom stereocenters. The fourth-order valence-electron chi connectivity index (χ4n) is 3.45. The van der Waals surface area contributed by atoms with E-state index in [-0.39, 0.29) is 29.4 Å². The molecule has 2 aromatic carbocycles. The molecular formula is C20H25NO7S2. The smallest absolute Gasteiger partial charge is 0.243 e.